The first-order chi connectivity index (χ1) is 20.7. The highest BCUT2D eigenvalue weighted by atomic mass is 16.5. The first kappa shape index (κ1) is 38.3. The van der Waals surface area contributed by atoms with E-state index in [0.717, 1.165) is 50.8 Å². The van der Waals surface area contributed by atoms with E-state index in [-0.39, 0.29) is 5.91 Å². The van der Waals surface area contributed by atoms with E-state index in [1.54, 1.807) is 0 Å². The fourth-order valence-electron chi connectivity index (χ4n) is 5.35. The van der Waals surface area contributed by atoms with Crippen LogP contribution in [0.2, 0.25) is 0 Å². The average Bonchev–Trinajstić information content (AvgIpc) is 3.00. The van der Waals surface area contributed by atoms with Crippen molar-refractivity contribution in [3.8, 4) is 11.5 Å². The Balaban J connectivity index is 2.43. The van der Waals surface area contributed by atoms with Gasteiger partial charge in [0.25, 0.3) is 5.91 Å². The second-order valence-corrected chi connectivity index (χ2v) is 12.2. The summed E-state index contributed by atoms with van der Waals surface area (Å²) in [5.74, 6) is 1.42. The summed E-state index contributed by atoms with van der Waals surface area (Å²) in [5.41, 5.74) is 6.21. The lowest BCUT2D eigenvalue weighted by molar-refractivity contribution is 0.0952. The Hall–Kier alpha value is -1.75. The van der Waals surface area contributed by atoms with Gasteiger partial charge in [-0.25, -0.2) is 0 Å². The van der Waals surface area contributed by atoms with Crippen LogP contribution in [-0.4, -0.2) is 32.2 Å². The molecule has 0 saturated carbocycles. The fourth-order valence-corrected chi connectivity index (χ4v) is 5.35. The van der Waals surface area contributed by atoms with Gasteiger partial charge in [0.2, 0.25) is 0 Å². The number of benzene rings is 1. The molecule has 0 aliphatic heterocycles. The third kappa shape index (κ3) is 21.9. The Bertz CT molecular complexity index is 740. The molecule has 42 heavy (non-hydrogen) atoms. The van der Waals surface area contributed by atoms with E-state index >= 15 is 0 Å². The molecule has 1 amide bonds. The van der Waals surface area contributed by atoms with Crippen LogP contribution in [0.4, 0.5) is 0 Å². The second-order valence-electron chi connectivity index (χ2n) is 12.2. The van der Waals surface area contributed by atoms with Crippen molar-refractivity contribution in [2.24, 2.45) is 5.73 Å². The highest BCUT2D eigenvalue weighted by molar-refractivity contribution is 5.94. The summed E-state index contributed by atoms with van der Waals surface area (Å²) in [6.07, 6.45) is 30.3. The van der Waals surface area contributed by atoms with Crippen LogP contribution in [0.3, 0.4) is 0 Å². The zero-order valence-corrected chi connectivity index (χ0v) is 27.8. The number of carbonyl (C=O) groups excluding carboxylic acids is 1. The summed E-state index contributed by atoms with van der Waals surface area (Å²) < 4.78 is 12.4. The molecule has 0 spiro atoms. The van der Waals surface area contributed by atoms with Crippen molar-refractivity contribution in [3.63, 3.8) is 0 Å². The number of nitrogens with two attached hydrogens (primary N) is 1. The van der Waals surface area contributed by atoms with Crippen LogP contribution in [0.25, 0.3) is 0 Å². The zero-order valence-electron chi connectivity index (χ0n) is 27.8. The molecule has 1 aromatic rings. The van der Waals surface area contributed by atoms with E-state index in [1.165, 1.54) is 116 Å². The molecule has 0 radical (unpaired) electrons. The Morgan fingerprint density at radius 3 is 1.50 bits per heavy atom. The Morgan fingerprint density at radius 1 is 0.571 bits per heavy atom. The highest BCUT2D eigenvalue weighted by Crippen LogP contribution is 2.29. The van der Waals surface area contributed by atoms with Crippen LogP contribution in [0.15, 0.2) is 18.2 Å². The van der Waals surface area contributed by atoms with Gasteiger partial charge in [-0.1, -0.05) is 142 Å². The standard InChI is InChI=1S/C37H68N2O3/c1-3-5-7-9-11-13-15-17-21-25-31-41-35-28-27-34(37(40)39-30-24-20-19-23-29-38)33-36(35)42-32-26-22-18-16-14-12-10-8-6-4-2/h27-28,33H,3-26,29-32,38H2,1-2H3,(H,39,40). The molecule has 3 N–H and O–H groups in total. The predicted octanol–water partition coefficient (Wildman–Crippen LogP) is 10.5. The van der Waals surface area contributed by atoms with E-state index in [9.17, 15) is 4.79 Å². The first-order valence-corrected chi connectivity index (χ1v) is 18.1. The van der Waals surface area contributed by atoms with Crippen LogP contribution >= 0.6 is 0 Å². The molecule has 0 aliphatic rings. The molecular weight excluding hydrogens is 520 g/mol. The summed E-state index contributed by atoms with van der Waals surface area (Å²) in [7, 11) is 0. The number of hydrogen-bond donors (Lipinski definition) is 2. The molecule has 0 aromatic heterocycles. The topological polar surface area (TPSA) is 73.6 Å². The van der Waals surface area contributed by atoms with Crippen molar-refractivity contribution in [2.45, 2.75) is 168 Å². The van der Waals surface area contributed by atoms with Gasteiger partial charge in [-0.2, -0.15) is 0 Å². The lowest BCUT2D eigenvalue weighted by Gasteiger charge is -2.15. The van der Waals surface area contributed by atoms with E-state index in [4.69, 9.17) is 15.2 Å². The summed E-state index contributed by atoms with van der Waals surface area (Å²) in [5, 5.41) is 3.06. The van der Waals surface area contributed by atoms with Crippen LogP contribution in [-0.2, 0) is 0 Å². The number of unbranched alkanes of at least 4 members (excludes halogenated alkanes) is 21. The molecule has 5 heteroatoms. The summed E-state index contributed by atoms with van der Waals surface area (Å²) >= 11 is 0. The minimum atomic E-state index is -0.0427. The van der Waals surface area contributed by atoms with Gasteiger partial charge in [-0.3, -0.25) is 4.79 Å². The van der Waals surface area contributed by atoms with Gasteiger partial charge >= 0.3 is 0 Å². The average molecular weight is 589 g/mol. The van der Waals surface area contributed by atoms with E-state index in [0.29, 0.717) is 31.1 Å². The molecular formula is C37H68N2O3. The first-order valence-electron chi connectivity index (χ1n) is 18.1. The van der Waals surface area contributed by atoms with Crippen LogP contribution in [0.5, 0.6) is 11.5 Å². The molecule has 0 heterocycles. The fraction of sp³-hybridized carbons (Fsp3) is 0.811. The van der Waals surface area contributed by atoms with E-state index in [1.807, 2.05) is 18.2 Å². The van der Waals surface area contributed by atoms with Gasteiger partial charge < -0.3 is 20.5 Å². The van der Waals surface area contributed by atoms with Gasteiger partial charge in [0.1, 0.15) is 0 Å². The van der Waals surface area contributed by atoms with Crippen LogP contribution < -0.4 is 20.5 Å². The van der Waals surface area contributed by atoms with Crippen molar-refractivity contribution in [1.29, 1.82) is 0 Å². The normalized spacial score (nSPS) is 11.1. The number of nitrogens with one attached hydrogen (secondary N) is 1. The Kier molecular flexibility index (Phi) is 26.7. The third-order valence-corrected chi connectivity index (χ3v) is 8.13. The maximum atomic E-state index is 12.8. The number of hydrogen-bond acceptors (Lipinski definition) is 4. The third-order valence-electron chi connectivity index (χ3n) is 8.13. The van der Waals surface area contributed by atoms with Gasteiger partial charge in [0.05, 0.1) is 13.2 Å². The van der Waals surface area contributed by atoms with E-state index < -0.39 is 0 Å². The van der Waals surface area contributed by atoms with Gasteiger partial charge in [0, 0.05) is 12.1 Å². The maximum absolute atomic E-state index is 12.8. The monoisotopic (exact) mass is 589 g/mol. The molecule has 0 unspecified atom stereocenters. The summed E-state index contributed by atoms with van der Waals surface area (Å²) in [4.78, 5) is 12.8. The highest BCUT2D eigenvalue weighted by Gasteiger charge is 2.12. The number of rotatable bonds is 31. The quantitative estimate of drug-likeness (QED) is 0.0846. The zero-order chi connectivity index (χ0) is 30.4. The molecule has 0 fully saturated rings. The van der Waals surface area contributed by atoms with Crippen molar-refractivity contribution in [3.05, 3.63) is 23.8 Å². The van der Waals surface area contributed by atoms with Crippen molar-refractivity contribution < 1.29 is 14.3 Å². The van der Waals surface area contributed by atoms with Gasteiger partial charge in [-0.05, 0) is 50.4 Å². The molecule has 1 aromatic carbocycles. The minimum Gasteiger partial charge on any atom is -0.490 e. The SMILES string of the molecule is CCCCCCCCCCCCOc1ccc(C(=O)NCCCCCCN)cc1OCCCCCCCCCCCC. The Morgan fingerprint density at radius 2 is 1.00 bits per heavy atom. The number of amides is 1. The molecule has 0 saturated heterocycles. The van der Waals surface area contributed by atoms with Gasteiger partial charge in [-0.15, -0.1) is 0 Å². The van der Waals surface area contributed by atoms with Crippen molar-refractivity contribution in [2.75, 3.05) is 26.3 Å². The predicted molar refractivity (Wildman–Crippen MR) is 181 cm³/mol. The summed E-state index contributed by atoms with van der Waals surface area (Å²) in [6, 6.07) is 5.65. The molecule has 0 atom stereocenters. The van der Waals surface area contributed by atoms with Crippen molar-refractivity contribution in [1.82, 2.24) is 5.32 Å². The molecule has 1 rings (SSSR count). The second kappa shape index (κ2) is 29.3. The molecule has 0 aliphatic carbocycles. The molecule has 5 nitrogen and oxygen atoms in total. The van der Waals surface area contributed by atoms with Crippen LogP contribution in [0.1, 0.15) is 178 Å². The number of carbonyl (C=O) groups is 1. The smallest absolute Gasteiger partial charge is 0.251 e. The van der Waals surface area contributed by atoms with Gasteiger partial charge in [0.15, 0.2) is 11.5 Å². The maximum Gasteiger partial charge on any atom is 0.251 e. The lowest BCUT2D eigenvalue weighted by Crippen LogP contribution is -2.24. The largest absolute Gasteiger partial charge is 0.490 e. The lowest BCUT2D eigenvalue weighted by atomic mass is 10.1. The van der Waals surface area contributed by atoms with E-state index in [2.05, 4.69) is 19.2 Å². The Labute approximate surface area is 260 Å². The molecule has 244 valence electrons. The summed E-state index contributed by atoms with van der Waals surface area (Å²) in [6.45, 7) is 7.33. The number of ether oxygens (including phenoxy) is 2. The van der Waals surface area contributed by atoms with Crippen LogP contribution in [0, 0.1) is 0 Å². The molecule has 0 bridgehead atoms. The minimum absolute atomic E-state index is 0.0427. The van der Waals surface area contributed by atoms with Crippen molar-refractivity contribution >= 4 is 5.91 Å².